The molecule has 1 aliphatic heterocycles. The molecule has 20 heavy (non-hydrogen) atoms. The van der Waals surface area contributed by atoms with Gasteiger partial charge in [-0.05, 0) is 37.2 Å². The maximum absolute atomic E-state index is 5.98. The Hall–Kier alpha value is -1.18. The van der Waals surface area contributed by atoms with Crippen LogP contribution in [0.4, 0.5) is 10.8 Å². The number of rotatable bonds is 5. The highest BCUT2D eigenvalue weighted by Gasteiger charge is 2.18. The summed E-state index contributed by atoms with van der Waals surface area (Å²) in [6, 6.07) is 0. The van der Waals surface area contributed by atoms with E-state index in [1.165, 1.54) is 18.0 Å². The lowest BCUT2D eigenvalue weighted by atomic mass is 10.1. The second kappa shape index (κ2) is 6.07. The topological polar surface area (TPSA) is 73.1 Å². The van der Waals surface area contributed by atoms with Crippen molar-refractivity contribution in [2.45, 2.75) is 19.8 Å². The lowest BCUT2D eigenvalue weighted by Crippen LogP contribution is -2.08. The van der Waals surface area contributed by atoms with Crippen molar-refractivity contribution in [1.29, 1.82) is 0 Å². The van der Waals surface area contributed by atoms with Crippen LogP contribution in [-0.4, -0.2) is 29.1 Å². The Bertz CT molecular complexity index is 575. The molecule has 2 aromatic heterocycles. The number of hydrogen-bond donors (Lipinski definition) is 2. The van der Waals surface area contributed by atoms with Crippen LogP contribution >= 0.6 is 22.9 Å². The van der Waals surface area contributed by atoms with Crippen LogP contribution in [-0.2, 0) is 4.74 Å². The molecule has 1 atom stereocenters. The van der Waals surface area contributed by atoms with Crippen LogP contribution in [0.3, 0.4) is 0 Å². The van der Waals surface area contributed by atoms with Gasteiger partial charge in [-0.1, -0.05) is 0 Å². The number of aryl methyl sites for hydroxylation is 1. The minimum Gasteiger partial charge on any atom is -0.382 e. The number of hydrogen-bond acceptors (Lipinski definition) is 7. The third-order valence-corrected chi connectivity index (χ3v) is 5.05. The maximum Gasteiger partial charge on any atom is 0.148 e. The smallest absolute Gasteiger partial charge is 0.148 e. The van der Waals surface area contributed by atoms with Crippen molar-refractivity contribution in [3.05, 3.63) is 10.4 Å². The summed E-state index contributed by atoms with van der Waals surface area (Å²) in [6.45, 7) is 4.72. The highest BCUT2D eigenvalue weighted by Crippen LogP contribution is 2.37. The maximum atomic E-state index is 5.98. The van der Waals surface area contributed by atoms with E-state index in [1.807, 2.05) is 12.3 Å². The molecule has 0 saturated carbocycles. The first-order valence-electron chi connectivity index (χ1n) is 6.73. The zero-order valence-electron chi connectivity index (χ0n) is 11.4. The lowest BCUT2D eigenvalue weighted by Gasteiger charge is -2.09. The molecule has 108 valence electrons. The van der Waals surface area contributed by atoms with Crippen LogP contribution in [0.5, 0.6) is 0 Å². The summed E-state index contributed by atoms with van der Waals surface area (Å²) in [4.78, 5) is 4.51. The number of aromatic nitrogens is 2. The minimum absolute atomic E-state index is 0.562. The molecule has 3 heterocycles. The van der Waals surface area contributed by atoms with Gasteiger partial charge in [0.05, 0.1) is 16.3 Å². The summed E-state index contributed by atoms with van der Waals surface area (Å²) >= 11 is 3.04. The van der Waals surface area contributed by atoms with Crippen molar-refractivity contribution in [3.63, 3.8) is 0 Å². The van der Waals surface area contributed by atoms with Crippen molar-refractivity contribution in [2.75, 3.05) is 30.8 Å². The van der Waals surface area contributed by atoms with Crippen LogP contribution in [0.1, 0.15) is 17.8 Å². The first-order chi connectivity index (χ1) is 9.74. The molecule has 3 rings (SSSR count). The normalized spacial score (nSPS) is 18.6. The van der Waals surface area contributed by atoms with E-state index >= 15 is 0 Å². The van der Waals surface area contributed by atoms with Gasteiger partial charge in [-0.2, -0.15) is 4.37 Å². The van der Waals surface area contributed by atoms with Crippen molar-refractivity contribution in [3.8, 4) is 11.3 Å². The first kappa shape index (κ1) is 13.8. The van der Waals surface area contributed by atoms with Crippen LogP contribution < -0.4 is 11.1 Å². The molecule has 3 N–H and O–H groups in total. The Labute approximate surface area is 126 Å². The average Bonchev–Trinajstić information content (AvgIpc) is 3.12. The molecule has 0 radical (unpaired) electrons. The fourth-order valence-corrected chi connectivity index (χ4v) is 3.70. The SMILES string of the molecule is Cc1nc(-c2c(N)nsc2NCCC2CCOC2)cs1. The molecule has 1 aliphatic rings. The van der Waals surface area contributed by atoms with E-state index in [-0.39, 0.29) is 0 Å². The fourth-order valence-electron chi connectivity index (χ4n) is 2.35. The van der Waals surface area contributed by atoms with Gasteiger partial charge in [-0.3, -0.25) is 0 Å². The fraction of sp³-hybridized carbons (Fsp3) is 0.538. The Morgan fingerprint density at radius 2 is 2.45 bits per heavy atom. The van der Waals surface area contributed by atoms with Crippen LogP contribution in [0.15, 0.2) is 5.38 Å². The zero-order valence-corrected chi connectivity index (χ0v) is 13.0. The predicted molar refractivity (Wildman–Crippen MR) is 84.4 cm³/mol. The third-order valence-electron chi connectivity index (χ3n) is 3.46. The van der Waals surface area contributed by atoms with Gasteiger partial charge in [-0.15, -0.1) is 11.3 Å². The molecule has 1 unspecified atom stereocenters. The molecule has 0 aliphatic carbocycles. The number of nitrogens with one attached hydrogen (secondary N) is 1. The van der Waals surface area contributed by atoms with E-state index in [9.17, 15) is 0 Å². The van der Waals surface area contributed by atoms with Gasteiger partial charge in [0.2, 0.25) is 0 Å². The highest BCUT2D eigenvalue weighted by molar-refractivity contribution is 7.11. The predicted octanol–water partition coefficient (Wildman–Crippen LogP) is 3.00. The first-order valence-corrected chi connectivity index (χ1v) is 8.38. The van der Waals surface area contributed by atoms with E-state index < -0.39 is 0 Å². The molecule has 2 aromatic rings. The molecular weight excluding hydrogens is 292 g/mol. The van der Waals surface area contributed by atoms with Gasteiger partial charge in [0.25, 0.3) is 0 Å². The zero-order chi connectivity index (χ0) is 13.9. The average molecular weight is 310 g/mol. The van der Waals surface area contributed by atoms with Gasteiger partial charge in [0, 0.05) is 25.1 Å². The second-order valence-corrected chi connectivity index (χ2v) is 6.80. The molecule has 0 bridgehead atoms. The number of nitrogen functional groups attached to an aromatic ring is 1. The summed E-state index contributed by atoms with van der Waals surface area (Å²) < 4.78 is 9.64. The van der Waals surface area contributed by atoms with Gasteiger partial charge >= 0.3 is 0 Å². The monoisotopic (exact) mass is 310 g/mol. The van der Waals surface area contributed by atoms with Crippen molar-refractivity contribution in [2.24, 2.45) is 5.92 Å². The second-order valence-electron chi connectivity index (χ2n) is 4.97. The number of ether oxygens (including phenoxy) is 1. The highest BCUT2D eigenvalue weighted by atomic mass is 32.1. The Kier molecular flexibility index (Phi) is 4.18. The molecule has 7 heteroatoms. The Morgan fingerprint density at radius 1 is 1.55 bits per heavy atom. The number of thiazole rings is 1. The van der Waals surface area contributed by atoms with Crippen LogP contribution in [0.2, 0.25) is 0 Å². The number of nitrogens with two attached hydrogens (primary N) is 1. The van der Waals surface area contributed by atoms with Crippen molar-refractivity contribution in [1.82, 2.24) is 9.36 Å². The summed E-state index contributed by atoms with van der Waals surface area (Å²) in [6.07, 6.45) is 2.29. The Morgan fingerprint density at radius 3 is 3.15 bits per heavy atom. The largest absolute Gasteiger partial charge is 0.382 e. The quantitative estimate of drug-likeness (QED) is 0.888. The van der Waals surface area contributed by atoms with E-state index in [2.05, 4.69) is 14.7 Å². The molecular formula is C13H18N4OS2. The molecule has 1 fully saturated rings. The van der Waals surface area contributed by atoms with Crippen molar-refractivity contribution >= 4 is 33.7 Å². The summed E-state index contributed by atoms with van der Waals surface area (Å²) in [5.41, 5.74) is 7.85. The molecule has 1 saturated heterocycles. The van der Waals surface area contributed by atoms with Crippen molar-refractivity contribution < 1.29 is 4.74 Å². The van der Waals surface area contributed by atoms with E-state index in [4.69, 9.17) is 10.5 Å². The Balaban J connectivity index is 1.67. The van der Waals surface area contributed by atoms with Gasteiger partial charge < -0.3 is 15.8 Å². The minimum atomic E-state index is 0.562. The van der Waals surface area contributed by atoms with E-state index in [1.54, 1.807) is 11.3 Å². The summed E-state index contributed by atoms with van der Waals surface area (Å²) in [5.74, 6) is 1.24. The third kappa shape index (κ3) is 2.94. The van der Waals surface area contributed by atoms with Gasteiger partial charge in [-0.25, -0.2) is 4.98 Å². The molecule has 0 aromatic carbocycles. The lowest BCUT2D eigenvalue weighted by molar-refractivity contribution is 0.185. The number of nitrogens with zero attached hydrogens (tertiary/aromatic N) is 2. The summed E-state index contributed by atoms with van der Waals surface area (Å²) in [7, 11) is 0. The number of anilines is 2. The summed E-state index contributed by atoms with van der Waals surface area (Å²) in [5, 5.41) is 7.55. The van der Waals surface area contributed by atoms with E-state index in [0.29, 0.717) is 11.7 Å². The van der Waals surface area contributed by atoms with E-state index in [0.717, 1.165) is 47.4 Å². The van der Waals surface area contributed by atoms with Crippen LogP contribution in [0, 0.1) is 12.8 Å². The van der Waals surface area contributed by atoms with Gasteiger partial charge in [0.15, 0.2) is 0 Å². The van der Waals surface area contributed by atoms with Gasteiger partial charge in [0.1, 0.15) is 10.8 Å². The standard InChI is InChI=1S/C13H18N4OS2/c1-8-16-10(7-19-8)11-12(14)17-20-13(11)15-4-2-9-3-5-18-6-9/h7,9,15H,2-6H2,1H3,(H2,14,17). The molecule has 5 nitrogen and oxygen atoms in total. The molecule has 0 amide bonds. The van der Waals surface area contributed by atoms with Crippen LogP contribution in [0.25, 0.3) is 11.3 Å². The molecule has 0 spiro atoms.